The molecule has 0 spiro atoms. The van der Waals surface area contributed by atoms with Crippen molar-refractivity contribution in [1.29, 1.82) is 0 Å². The quantitative estimate of drug-likeness (QED) is 0.862. The summed E-state index contributed by atoms with van der Waals surface area (Å²) < 4.78 is 0. The van der Waals surface area contributed by atoms with Crippen molar-refractivity contribution in [2.75, 3.05) is 13.1 Å². The van der Waals surface area contributed by atoms with Gasteiger partial charge in [-0.15, -0.1) is 0 Å². The molecule has 0 bridgehead atoms. The molecule has 1 atom stereocenters. The molecular weight excluding hydrogens is 214 g/mol. The molecule has 1 heterocycles. The molecular formula is C14H21NS. The van der Waals surface area contributed by atoms with Gasteiger partial charge in [0.1, 0.15) is 0 Å². The van der Waals surface area contributed by atoms with Gasteiger partial charge in [-0.1, -0.05) is 36.2 Å². The largest absolute Gasteiger partial charge is 0.316 e. The molecule has 0 saturated carbocycles. The maximum absolute atomic E-state index is 3.52. The predicted molar refractivity (Wildman–Crippen MR) is 73.0 cm³/mol. The van der Waals surface area contributed by atoms with Gasteiger partial charge in [0, 0.05) is 17.5 Å². The van der Waals surface area contributed by atoms with Crippen LogP contribution in [0.5, 0.6) is 0 Å². The molecule has 16 heavy (non-hydrogen) atoms. The van der Waals surface area contributed by atoms with Gasteiger partial charge in [0.15, 0.2) is 0 Å². The lowest BCUT2D eigenvalue weighted by atomic mass is 10.2. The van der Waals surface area contributed by atoms with E-state index in [0.717, 1.165) is 11.0 Å². The average molecular weight is 235 g/mol. The standard InChI is InChI=1S/C14H21NS/c1-12-5-4-6-13(9-12)11-16-14-7-2-3-8-15-10-14/h4-6,9,14-15H,2-3,7-8,10-11H2,1H3. The Hall–Kier alpha value is -0.470. The molecule has 0 aromatic heterocycles. The molecule has 0 radical (unpaired) electrons. The molecule has 1 aromatic carbocycles. The van der Waals surface area contributed by atoms with E-state index in [0.29, 0.717) is 0 Å². The summed E-state index contributed by atoms with van der Waals surface area (Å²) in [5.41, 5.74) is 2.84. The predicted octanol–water partition coefficient (Wildman–Crippen LogP) is 3.37. The van der Waals surface area contributed by atoms with Gasteiger partial charge < -0.3 is 5.32 Å². The zero-order valence-corrected chi connectivity index (χ0v) is 10.9. The van der Waals surface area contributed by atoms with Gasteiger partial charge in [-0.3, -0.25) is 0 Å². The second-order valence-electron chi connectivity index (χ2n) is 4.62. The number of benzene rings is 1. The van der Waals surface area contributed by atoms with Crippen molar-refractivity contribution in [3.05, 3.63) is 35.4 Å². The normalized spacial score (nSPS) is 21.7. The van der Waals surface area contributed by atoms with Gasteiger partial charge in [-0.25, -0.2) is 0 Å². The van der Waals surface area contributed by atoms with Crippen molar-refractivity contribution >= 4 is 11.8 Å². The minimum absolute atomic E-state index is 0.808. The van der Waals surface area contributed by atoms with Gasteiger partial charge in [0.25, 0.3) is 0 Å². The molecule has 1 nitrogen and oxygen atoms in total. The van der Waals surface area contributed by atoms with E-state index in [1.54, 1.807) is 0 Å². The fraction of sp³-hybridized carbons (Fsp3) is 0.571. The molecule has 1 fully saturated rings. The summed E-state index contributed by atoms with van der Waals surface area (Å²) in [6.07, 6.45) is 4.11. The summed E-state index contributed by atoms with van der Waals surface area (Å²) in [6.45, 7) is 4.57. The van der Waals surface area contributed by atoms with E-state index in [1.807, 2.05) is 0 Å². The lowest BCUT2D eigenvalue weighted by molar-refractivity contribution is 0.706. The first-order chi connectivity index (χ1) is 7.84. The first kappa shape index (κ1) is 12.0. The summed E-state index contributed by atoms with van der Waals surface area (Å²) in [4.78, 5) is 0. The monoisotopic (exact) mass is 235 g/mol. The average Bonchev–Trinajstić information content (AvgIpc) is 2.55. The fourth-order valence-corrected chi connectivity index (χ4v) is 3.32. The van der Waals surface area contributed by atoms with Crippen molar-refractivity contribution in [3.63, 3.8) is 0 Å². The van der Waals surface area contributed by atoms with Crippen LogP contribution in [-0.4, -0.2) is 18.3 Å². The Kier molecular flexibility index (Phi) is 4.73. The Bertz CT molecular complexity index is 316. The lowest BCUT2D eigenvalue weighted by Crippen LogP contribution is -2.22. The van der Waals surface area contributed by atoms with Gasteiger partial charge in [-0.05, 0) is 31.9 Å². The fourth-order valence-electron chi connectivity index (χ4n) is 2.15. The Morgan fingerprint density at radius 2 is 2.31 bits per heavy atom. The molecule has 0 amide bonds. The van der Waals surface area contributed by atoms with Gasteiger partial charge in [0.05, 0.1) is 0 Å². The van der Waals surface area contributed by atoms with Crippen LogP contribution in [0.3, 0.4) is 0 Å². The van der Waals surface area contributed by atoms with E-state index in [9.17, 15) is 0 Å². The number of hydrogen-bond acceptors (Lipinski definition) is 2. The van der Waals surface area contributed by atoms with Gasteiger partial charge in [0.2, 0.25) is 0 Å². The molecule has 88 valence electrons. The summed E-state index contributed by atoms with van der Waals surface area (Å²) in [6, 6.07) is 8.87. The lowest BCUT2D eigenvalue weighted by Gasteiger charge is -2.13. The first-order valence-electron chi connectivity index (χ1n) is 6.22. The third kappa shape index (κ3) is 3.84. The second kappa shape index (κ2) is 6.31. The van der Waals surface area contributed by atoms with Crippen LogP contribution >= 0.6 is 11.8 Å². The van der Waals surface area contributed by atoms with Crippen LogP contribution in [0.2, 0.25) is 0 Å². The van der Waals surface area contributed by atoms with E-state index in [4.69, 9.17) is 0 Å². The Balaban J connectivity index is 1.81. The summed E-state index contributed by atoms with van der Waals surface area (Å²) in [5.74, 6) is 1.16. The Labute approximate surface area is 103 Å². The number of hydrogen-bond donors (Lipinski definition) is 1. The van der Waals surface area contributed by atoms with E-state index in [2.05, 4.69) is 48.3 Å². The highest BCUT2D eigenvalue weighted by Gasteiger charge is 2.11. The van der Waals surface area contributed by atoms with Crippen molar-refractivity contribution in [2.45, 2.75) is 37.2 Å². The molecule has 1 aromatic rings. The highest BCUT2D eigenvalue weighted by molar-refractivity contribution is 7.99. The summed E-state index contributed by atoms with van der Waals surface area (Å²) in [5, 5.41) is 4.33. The molecule has 2 rings (SSSR count). The minimum atomic E-state index is 0.808. The van der Waals surface area contributed by atoms with Crippen LogP contribution in [0.15, 0.2) is 24.3 Å². The smallest absolute Gasteiger partial charge is 0.0187 e. The van der Waals surface area contributed by atoms with E-state index in [1.165, 1.54) is 43.5 Å². The molecule has 2 heteroatoms. The number of aryl methyl sites for hydroxylation is 1. The zero-order valence-electron chi connectivity index (χ0n) is 10.0. The molecule has 1 aliphatic rings. The summed E-state index contributed by atoms with van der Waals surface area (Å²) >= 11 is 2.11. The van der Waals surface area contributed by atoms with Gasteiger partial charge >= 0.3 is 0 Å². The van der Waals surface area contributed by atoms with Crippen molar-refractivity contribution in [1.82, 2.24) is 5.32 Å². The maximum atomic E-state index is 3.52. The number of nitrogens with one attached hydrogen (secondary N) is 1. The highest BCUT2D eigenvalue weighted by Crippen LogP contribution is 2.23. The molecule has 1 aliphatic heterocycles. The highest BCUT2D eigenvalue weighted by atomic mass is 32.2. The Morgan fingerprint density at radius 1 is 1.38 bits per heavy atom. The minimum Gasteiger partial charge on any atom is -0.316 e. The van der Waals surface area contributed by atoms with E-state index >= 15 is 0 Å². The van der Waals surface area contributed by atoms with Crippen LogP contribution < -0.4 is 5.32 Å². The SMILES string of the molecule is Cc1cccc(CSC2CCCCNC2)c1. The van der Waals surface area contributed by atoms with Crippen molar-refractivity contribution in [2.24, 2.45) is 0 Å². The third-order valence-electron chi connectivity index (χ3n) is 3.07. The topological polar surface area (TPSA) is 12.0 Å². The van der Waals surface area contributed by atoms with Crippen LogP contribution in [0, 0.1) is 6.92 Å². The molecule has 1 saturated heterocycles. The van der Waals surface area contributed by atoms with E-state index < -0.39 is 0 Å². The van der Waals surface area contributed by atoms with Crippen LogP contribution in [0.25, 0.3) is 0 Å². The second-order valence-corrected chi connectivity index (χ2v) is 5.91. The molecule has 1 N–H and O–H groups in total. The van der Waals surface area contributed by atoms with Gasteiger partial charge in [-0.2, -0.15) is 11.8 Å². The molecule has 1 unspecified atom stereocenters. The third-order valence-corrected chi connectivity index (χ3v) is 4.44. The number of rotatable bonds is 3. The molecule has 0 aliphatic carbocycles. The van der Waals surface area contributed by atoms with E-state index in [-0.39, 0.29) is 0 Å². The zero-order chi connectivity index (χ0) is 11.2. The van der Waals surface area contributed by atoms with Crippen LogP contribution in [0.1, 0.15) is 30.4 Å². The van der Waals surface area contributed by atoms with Crippen LogP contribution in [-0.2, 0) is 5.75 Å². The Morgan fingerprint density at radius 3 is 3.19 bits per heavy atom. The maximum Gasteiger partial charge on any atom is 0.0187 e. The van der Waals surface area contributed by atoms with Crippen LogP contribution in [0.4, 0.5) is 0 Å². The van der Waals surface area contributed by atoms with Crippen molar-refractivity contribution in [3.8, 4) is 0 Å². The number of thioether (sulfide) groups is 1. The first-order valence-corrected chi connectivity index (χ1v) is 7.27. The van der Waals surface area contributed by atoms with Crippen molar-refractivity contribution < 1.29 is 0 Å². The summed E-state index contributed by atoms with van der Waals surface area (Å²) in [7, 11) is 0.